The van der Waals surface area contributed by atoms with E-state index in [0.29, 0.717) is 22.0 Å². The smallest absolute Gasteiger partial charge is 0.338 e. The Balaban J connectivity index is 1.84. The van der Waals surface area contributed by atoms with E-state index in [0.717, 1.165) is 10.5 Å². The number of ether oxygens (including phenoxy) is 1. The maximum absolute atomic E-state index is 12.9. The number of amides is 2. The lowest BCUT2D eigenvalue weighted by Crippen LogP contribution is -2.32. The van der Waals surface area contributed by atoms with Gasteiger partial charge in [0.15, 0.2) is 0 Å². The van der Waals surface area contributed by atoms with Gasteiger partial charge in [-0.1, -0.05) is 29.3 Å². The number of rotatable bonds is 5. The van der Waals surface area contributed by atoms with Gasteiger partial charge in [-0.2, -0.15) is 0 Å². The summed E-state index contributed by atoms with van der Waals surface area (Å²) in [6.07, 6.45) is -0.254. The summed E-state index contributed by atoms with van der Waals surface area (Å²) < 4.78 is 5.13. The molecule has 0 bridgehead atoms. The molecule has 2 aromatic rings. The average molecular weight is 433 g/mol. The lowest BCUT2D eigenvalue weighted by atomic mass is 10.2. The van der Waals surface area contributed by atoms with Gasteiger partial charge < -0.3 is 10.1 Å². The molecule has 3 rings (SSSR count). The van der Waals surface area contributed by atoms with Crippen molar-refractivity contribution < 1.29 is 19.1 Å². The molecule has 150 valence electrons. The van der Waals surface area contributed by atoms with Crippen molar-refractivity contribution in [3.8, 4) is 0 Å². The summed E-state index contributed by atoms with van der Waals surface area (Å²) in [5, 5.41) is 3.16. The monoisotopic (exact) mass is 432 g/mol. The zero-order valence-corrected chi connectivity index (χ0v) is 17.5. The van der Waals surface area contributed by atoms with Crippen LogP contribution in [0.3, 0.4) is 0 Å². The van der Waals surface area contributed by atoms with E-state index in [1.165, 1.54) is 24.3 Å². The van der Waals surface area contributed by atoms with Gasteiger partial charge in [-0.25, -0.2) is 9.69 Å². The van der Waals surface area contributed by atoms with Crippen molar-refractivity contribution in [1.29, 1.82) is 0 Å². The molecule has 1 heterocycles. The molecule has 0 fully saturated rings. The molecular formula is C21H18Cl2N2O4. The Kier molecular flexibility index (Phi) is 5.96. The van der Waals surface area contributed by atoms with Gasteiger partial charge in [0.2, 0.25) is 0 Å². The third kappa shape index (κ3) is 4.28. The second kappa shape index (κ2) is 8.27. The number of carbonyl (C=O) groups is 3. The fraction of sp³-hybridized carbons (Fsp3) is 0.190. The Morgan fingerprint density at radius 1 is 1.03 bits per heavy atom. The third-order valence-electron chi connectivity index (χ3n) is 4.19. The topological polar surface area (TPSA) is 75.7 Å². The molecule has 1 N–H and O–H groups in total. The van der Waals surface area contributed by atoms with Crippen LogP contribution in [-0.4, -0.2) is 23.9 Å². The van der Waals surface area contributed by atoms with Crippen LogP contribution in [0.1, 0.15) is 29.8 Å². The first-order chi connectivity index (χ1) is 13.7. The maximum atomic E-state index is 12.9. The SMILES string of the molecule is Cc1ccc(Cl)cc1NC1=C(Cl)C(=O)N(c2ccc(C(=O)OC(C)C)cc2)C1=O. The van der Waals surface area contributed by atoms with Gasteiger partial charge in [0.1, 0.15) is 10.7 Å². The molecule has 6 nitrogen and oxygen atoms in total. The largest absolute Gasteiger partial charge is 0.459 e. The van der Waals surface area contributed by atoms with Crippen LogP contribution in [0.2, 0.25) is 5.02 Å². The Morgan fingerprint density at radius 2 is 1.69 bits per heavy atom. The highest BCUT2D eigenvalue weighted by molar-refractivity contribution is 6.53. The minimum Gasteiger partial charge on any atom is -0.459 e. The highest BCUT2D eigenvalue weighted by Gasteiger charge is 2.39. The number of hydrogen-bond donors (Lipinski definition) is 1. The van der Waals surface area contributed by atoms with Gasteiger partial charge in [-0.05, 0) is 62.7 Å². The van der Waals surface area contributed by atoms with Crippen LogP contribution < -0.4 is 10.2 Å². The van der Waals surface area contributed by atoms with Crippen LogP contribution in [-0.2, 0) is 14.3 Å². The molecule has 2 amide bonds. The number of nitrogens with zero attached hydrogens (tertiary/aromatic N) is 1. The fourth-order valence-corrected chi connectivity index (χ4v) is 3.12. The van der Waals surface area contributed by atoms with E-state index in [1.807, 2.05) is 6.92 Å². The zero-order chi connectivity index (χ0) is 21.3. The predicted octanol–water partition coefficient (Wildman–Crippen LogP) is 4.65. The first-order valence-corrected chi connectivity index (χ1v) is 9.57. The molecule has 2 aromatic carbocycles. The summed E-state index contributed by atoms with van der Waals surface area (Å²) in [5.41, 5.74) is 1.97. The molecule has 0 saturated carbocycles. The minimum atomic E-state index is -0.656. The number of nitrogens with one attached hydrogen (secondary N) is 1. The number of benzene rings is 2. The van der Waals surface area contributed by atoms with Gasteiger partial charge in [-0.15, -0.1) is 0 Å². The summed E-state index contributed by atoms with van der Waals surface area (Å²) >= 11 is 12.2. The van der Waals surface area contributed by atoms with Gasteiger partial charge in [0.05, 0.1) is 17.4 Å². The van der Waals surface area contributed by atoms with Crippen molar-refractivity contribution in [3.05, 3.63) is 69.3 Å². The van der Waals surface area contributed by atoms with Crippen LogP contribution in [0.5, 0.6) is 0 Å². The van der Waals surface area contributed by atoms with E-state index in [-0.39, 0.29) is 16.8 Å². The van der Waals surface area contributed by atoms with Gasteiger partial charge >= 0.3 is 5.97 Å². The van der Waals surface area contributed by atoms with E-state index in [4.69, 9.17) is 27.9 Å². The van der Waals surface area contributed by atoms with Crippen LogP contribution in [0.25, 0.3) is 0 Å². The van der Waals surface area contributed by atoms with E-state index < -0.39 is 17.8 Å². The number of halogens is 2. The van der Waals surface area contributed by atoms with Crippen molar-refractivity contribution >= 4 is 52.4 Å². The minimum absolute atomic E-state index is 0.0367. The predicted molar refractivity (Wildman–Crippen MR) is 112 cm³/mol. The lowest BCUT2D eigenvalue weighted by Gasteiger charge is -2.16. The molecule has 0 aliphatic carbocycles. The summed E-state index contributed by atoms with van der Waals surface area (Å²) in [6, 6.07) is 11.1. The van der Waals surface area contributed by atoms with Gasteiger partial charge in [0, 0.05) is 10.7 Å². The second-order valence-corrected chi connectivity index (χ2v) is 7.53. The van der Waals surface area contributed by atoms with E-state index in [2.05, 4.69) is 5.32 Å². The summed E-state index contributed by atoms with van der Waals surface area (Å²) in [6.45, 7) is 5.33. The highest BCUT2D eigenvalue weighted by Crippen LogP contribution is 2.31. The molecule has 0 radical (unpaired) electrons. The van der Waals surface area contributed by atoms with Crippen molar-refractivity contribution in [2.75, 3.05) is 10.2 Å². The lowest BCUT2D eigenvalue weighted by molar-refractivity contribution is -0.120. The third-order valence-corrected chi connectivity index (χ3v) is 4.78. The second-order valence-electron chi connectivity index (χ2n) is 6.72. The molecule has 0 unspecified atom stereocenters. The van der Waals surface area contributed by atoms with Gasteiger partial charge in [-0.3, -0.25) is 9.59 Å². The quantitative estimate of drug-likeness (QED) is 0.549. The molecule has 8 heteroatoms. The zero-order valence-electron chi connectivity index (χ0n) is 16.0. The first kappa shape index (κ1) is 20.9. The van der Waals surface area contributed by atoms with E-state index in [1.54, 1.807) is 32.0 Å². The molecule has 0 spiro atoms. The number of esters is 1. The van der Waals surface area contributed by atoms with E-state index in [9.17, 15) is 14.4 Å². The standard InChI is InChI=1S/C21H18Cl2N2O4/c1-11(2)29-21(28)13-5-8-15(9-6-13)25-19(26)17(23)18(20(25)27)24-16-10-14(22)7-4-12(16)3/h4-11,24H,1-3H3. The maximum Gasteiger partial charge on any atom is 0.338 e. The number of aryl methyl sites for hydroxylation is 1. The number of anilines is 2. The van der Waals surface area contributed by atoms with Crippen molar-refractivity contribution in [2.45, 2.75) is 26.9 Å². The molecule has 0 aromatic heterocycles. The Morgan fingerprint density at radius 3 is 2.31 bits per heavy atom. The highest BCUT2D eigenvalue weighted by atomic mass is 35.5. The Hall–Kier alpha value is -2.83. The van der Waals surface area contributed by atoms with Crippen molar-refractivity contribution in [1.82, 2.24) is 0 Å². The normalized spacial score (nSPS) is 14.1. The Bertz CT molecular complexity index is 1030. The average Bonchev–Trinajstić information content (AvgIpc) is 2.87. The number of imide groups is 1. The summed E-state index contributed by atoms with van der Waals surface area (Å²) in [5.74, 6) is -1.74. The van der Waals surface area contributed by atoms with Crippen LogP contribution in [0, 0.1) is 6.92 Å². The van der Waals surface area contributed by atoms with Crippen molar-refractivity contribution in [3.63, 3.8) is 0 Å². The van der Waals surface area contributed by atoms with Crippen LogP contribution >= 0.6 is 23.2 Å². The first-order valence-electron chi connectivity index (χ1n) is 8.82. The van der Waals surface area contributed by atoms with Crippen LogP contribution in [0.4, 0.5) is 11.4 Å². The summed E-state index contributed by atoms with van der Waals surface area (Å²) in [7, 11) is 0. The van der Waals surface area contributed by atoms with Crippen LogP contribution in [0.15, 0.2) is 53.2 Å². The summed E-state index contributed by atoms with van der Waals surface area (Å²) in [4.78, 5) is 38.4. The molecule has 1 aliphatic rings. The fourth-order valence-electron chi connectivity index (χ4n) is 2.74. The molecular weight excluding hydrogens is 415 g/mol. The number of carbonyl (C=O) groups excluding carboxylic acids is 3. The molecule has 0 saturated heterocycles. The molecule has 1 aliphatic heterocycles. The molecule has 29 heavy (non-hydrogen) atoms. The van der Waals surface area contributed by atoms with Gasteiger partial charge in [0.25, 0.3) is 11.8 Å². The number of hydrogen-bond acceptors (Lipinski definition) is 5. The van der Waals surface area contributed by atoms with Crippen molar-refractivity contribution in [2.24, 2.45) is 0 Å². The molecule has 0 atom stereocenters. The van der Waals surface area contributed by atoms with E-state index >= 15 is 0 Å². The Labute approximate surface area is 178 Å².